The van der Waals surface area contributed by atoms with Crippen LogP contribution in [0.1, 0.15) is 12.5 Å². The van der Waals surface area contributed by atoms with Gasteiger partial charge in [0.2, 0.25) is 0 Å². The molecule has 0 N–H and O–H groups in total. The highest BCUT2D eigenvalue weighted by Crippen LogP contribution is 1.99. The molecular formula is C10H12. The number of benzene rings is 1. The van der Waals surface area contributed by atoms with E-state index >= 15 is 0 Å². The van der Waals surface area contributed by atoms with Crippen molar-refractivity contribution in [3.8, 4) is 0 Å². The van der Waals surface area contributed by atoms with E-state index in [1.54, 1.807) is 0 Å². The topological polar surface area (TPSA) is 0 Å². The second-order valence-electron chi connectivity index (χ2n) is 2.26. The summed E-state index contributed by atoms with van der Waals surface area (Å²) in [5, 5.41) is 0. The lowest BCUT2D eigenvalue weighted by molar-refractivity contribution is 1.26. The van der Waals surface area contributed by atoms with Crippen LogP contribution in [0.4, 0.5) is 0 Å². The molecule has 0 bridgehead atoms. The van der Waals surface area contributed by atoms with Gasteiger partial charge in [0.15, 0.2) is 0 Å². The summed E-state index contributed by atoms with van der Waals surface area (Å²) in [6.45, 7) is 2.04. The van der Waals surface area contributed by atoms with Crippen molar-refractivity contribution in [1.29, 1.82) is 0 Å². The van der Waals surface area contributed by atoms with Gasteiger partial charge in [-0.2, -0.15) is 0 Å². The summed E-state index contributed by atoms with van der Waals surface area (Å²) < 4.78 is 0. The first-order chi connectivity index (χ1) is 4.93. The van der Waals surface area contributed by atoms with E-state index in [9.17, 15) is 0 Å². The largest absolute Gasteiger partial charge is 0.0913 e. The van der Waals surface area contributed by atoms with Gasteiger partial charge in [0.25, 0.3) is 0 Å². The zero-order chi connectivity index (χ0) is 7.23. The van der Waals surface area contributed by atoms with Crippen molar-refractivity contribution in [3.05, 3.63) is 48.0 Å². The van der Waals surface area contributed by atoms with E-state index in [4.69, 9.17) is 0 Å². The van der Waals surface area contributed by atoms with Crippen LogP contribution in [0.2, 0.25) is 0 Å². The Morgan fingerprint density at radius 3 is 2.50 bits per heavy atom. The van der Waals surface area contributed by atoms with Gasteiger partial charge in [0.1, 0.15) is 0 Å². The molecule has 0 radical (unpaired) electrons. The Hall–Kier alpha value is -1.04. The van der Waals surface area contributed by atoms with Crippen LogP contribution in [0.5, 0.6) is 0 Å². The van der Waals surface area contributed by atoms with Gasteiger partial charge in [-0.1, -0.05) is 42.5 Å². The maximum Gasteiger partial charge on any atom is -0.00976 e. The van der Waals surface area contributed by atoms with Crippen molar-refractivity contribution in [2.24, 2.45) is 0 Å². The van der Waals surface area contributed by atoms with Crippen LogP contribution in [0, 0.1) is 0 Å². The summed E-state index contributed by atoms with van der Waals surface area (Å²) in [4.78, 5) is 0. The third kappa shape index (κ3) is 2.06. The van der Waals surface area contributed by atoms with E-state index < -0.39 is 0 Å². The Kier molecular flexibility index (Phi) is 2.75. The molecule has 52 valence electrons. The molecule has 0 saturated carbocycles. The molecule has 0 spiro atoms. The lowest BCUT2D eigenvalue weighted by atomic mass is 10.1. The molecule has 0 atom stereocenters. The second kappa shape index (κ2) is 3.89. The first kappa shape index (κ1) is 7.07. The van der Waals surface area contributed by atoms with Crippen LogP contribution in [-0.2, 0) is 6.42 Å². The Balaban J connectivity index is 2.59. The molecule has 0 aromatic heterocycles. The Bertz CT molecular complexity index is 197. The van der Waals surface area contributed by atoms with E-state index in [0.717, 1.165) is 6.42 Å². The summed E-state index contributed by atoms with van der Waals surface area (Å²) in [5.74, 6) is 0. The number of hydrogen-bond acceptors (Lipinski definition) is 0. The molecular weight excluding hydrogens is 120 g/mol. The van der Waals surface area contributed by atoms with E-state index in [0.29, 0.717) is 0 Å². The van der Waals surface area contributed by atoms with Crippen LogP contribution < -0.4 is 0 Å². The monoisotopic (exact) mass is 132 g/mol. The van der Waals surface area contributed by atoms with Crippen molar-refractivity contribution < 1.29 is 0 Å². The lowest BCUT2D eigenvalue weighted by Gasteiger charge is -1.92. The molecule has 0 aliphatic heterocycles. The summed E-state index contributed by atoms with van der Waals surface area (Å²) >= 11 is 0. The van der Waals surface area contributed by atoms with Gasteiger partial charge in [-0.05, 0) is 18.9 Å². The molecule has 1 aromatic rings. The summed E-state index contributed by atoms with van der Waals surface area (Å²) in [7, 11) is 0. The summed E-state index contributed by atoms with van der Waals surface area (Å²) in [5.41, 5.74) is 1.38. The normalized spacial score (nSPS) is 10.5. The lowest BCUT2D eigenvalue weighted by Crippen LogP contribution is -1.76. The van der Waals surface area contributed by atoms with Gasteiger partial charge in [0.05, 0.1) is 0 Å². The summed E-state index contributed by atoms with van der Waals surface area (Å²) in [6.07, 6.45) is 5.29. The number of hydrogen-bond donors (Lipinski definition) is 0. The number of rotatable bonds is 2. The molecule has 10 heavy (non-hydrogen) atoms. The molecule has 0 aliphatic rings. The second-order valence-corrected chi connectivity index (χ2v) is 2.26. The highest BCUT2D eigenvalue weighted by molar-refractivity contribution is 5.17. The Morgan fingerprint density at radius 1 is 1.20 bits per heavy atom. The summed E-state index contributed by atoms with van der Waals surface area (Å²) in [6, 6.07) is 10.5. The van der Waals surface area contributed by atoms with Crippen molar-refractivity contribution in [2.75, 3.05) is 0 Å². The van der Waals surface area contributed by atoms with Gasteiger partial charge in [-0.25, -0.2) is 0 Å². The molecule has 0 nitrogen and oxygen atoms in total. The smallest absolute Gasteiger partial charge is 0.00976 e. The molecule has 0 unspecified atom stereocenters. The average Bonchev–Trinajstić information content (AvgIpc) is 2.03. The SMILES string of the molecule is C/C=C/Cc1ccccc1. The Labute approximate surface area is 62.2 Å². The van der Waals surface area contributed by atoms with Gasteiger partial charge in [-0.3, -0.25) is 0 Å². The third-order valence-corrected chi connectivity index (χ3v) is 1.43. The molecule has 1 rings (SSSR count). The van der Waals surface area contributed by atoms with Crippen LogP contribution >= 0.6 is 0 Å². The molecule has 0 heterocycles. The Morgan fingerprint density at radius 2 is 1.90 bits per heavy atom. The maximum absolute atomic E-state index is 2.16. The standard InChI is InChI=1S/C10H12/c1-2-3-7-10-8-5-4-6-9-10/h2-6,8-9H,7H2,1H3/b3-2+. The minimum atomic E-state index is 1.05. The minimum Gasteiger partial charge on any atom is -0.0913 e. The van der Waals surface area contributed by atoms with Crippen molar-refractivity contribution in [2.45, 2.75) is 13.3 Å². The van der Waals surface area contributed by atoms with Crippen molar-refractivity contribution >= 4 is 0 Å². The maximum atomic E-state index is 2.16. The van der Waals surface area contributed by atoms with Crippen LogP contribution in [0.3, 0.4) is 0 Å². The van der Waals surface area contributed by atoms with Gasteiger partial charge < -0.3 is 0 Å². The van der Waals surface area contributed by atoms with E-state index in [1.165, 1.54) is 5.56 Å². The zero-order valence-corrected chi connectivity index (χ0v) is 6.25. The van der Waals surface area contributed by atoms with Crippen molar-refractivity contribution in [1.82, 2.24) is 0 Å². The zero-order valence-electron chi connectivity index (χ0n) is 6.25. The molecule has 0 fully saturated rings. The molecule has 1 aromatic carbocycles. The van der Waals surface area contributed by atoms with Gasteiger partial charge in [-0.15, -0.1) is 0 Å². The molecule has 0 heteroatoms. The van der Waals surface area contributed by atoms with E-state index in [2.05, 4.69) is 36.4 Å². The predicted molar refractivity (Wildman–Crippen MR) is 45.0 cm³/mol. The fourth-order valence-corrected chi connectivity index (χ4v) is 0.868. The quantitative estimate of drug-likeness (QED) is 0.543. The van der Waals surface area contributed by atoms with Crippen LogP contribution in [0.15, 0.2) is 42.5 Å². The fraction of sp³-hybridized carbons (Fsp3) is 0.200. The van der Waals surface area contributed by atoms with Gasteiger partial charge >= 0.3 is 0 Å². The van der Waals surface area contributed by atoms with Crippen LogP contribution in [0.25, 0.3) is 0 Å². The van der Waals surface area contributed by atoms with Crippen molar-refractivity contribution in [3.63, 3.8) is 0 Å². The first-order valence-corrected chi connectivity index (χ1v) is 3.58. The molecule has 0 saturated heterocycles. The number of allylic oxidation sites excluding steroid dienone is 2. The van der Waals surface area contributed by atoms with Crippen LogP contribution in [-0.4, -0.2) is 0 Å². The average molecular weight is 132 g/mol. The minimum absolute atomic E-state index is 1.05. The fourth-order valence-electron chi connectivity index (χ4n) is 0.868. The highest BCUT2D eigenvalue weighted by Gasteiger charge is 1.83. The van der Waals surface area contributed by atoms with E-state index in [1.807, 2.05) is 13.0 Å². The molecule has 0 amide bonds. The van der Waals surface area contributed by atoms with E-state index in [-0.39, 0.29) is 0 Å². The molecule has 0 aliphatic carbocycles. The first-order valence-electron chi connectivity index (χ1n) is 3.58. The third-order valence-electron chi connectivity index (χ3n) is 1.43. The highest BCUT2D eigenvalue weighted by atomic mass is 13.9. The van der Waals surface area contributed by atoms with Gasteiger partial charge in [0, 0.05) is 0 Å². The predicted octanol–water partition coefficient (Wildman–Crippen LogP) is 2.81.